The molecule has 2 aromatic carbocycles. The molecule has 0 aliphatic rings. The zero-order chi connectivity index (χ0) is 18.2. The summed E-state index contributed by atoms with van der Waals surface area (Å²) < 4.78 is 5.42. The Balaban J connectivity index is 2.01. The van der Waals surface area contributed by atoms with Gasteiger partial charge in [0.05, 0.1) is 12.6 Å². The molecule has 4 nitrogen and oxygen atoms in total. The van der Waals surface area contributed by atoms with E-state index in [4.69, 9.17) is 22.8 Å². The van der Waals surface area contributed by atoms with Crippen molar-refractivity contribution in [1.82, 2.24) is 5.43 Å². The molecule has 0 aliphatic carbocycles. The number of hydrogen-bond donors (Lipinski definition) is 1. The van der Waals surface area contributed by atoms with Crippen LogP contribution in [0.1, 0.15) is 22.3 Å². The number of benzene rings is 2. The first-order valence-electron chi connectivity index (χ1n) is 7.73. The van der Waals surface area contributed by atoms with Crippen molar-refractivity contribution in [3.8, 4) is 18.1 Å². The molecule has 0 saturated heterocycles. The molecule has 25 heavy (non-hydrogen) atoms. The number of carbonyl (C=O) groups excluding carboxylic acids is 1. The number of hydrazone groups is 1. The van der Waals surface area contributed by atoms with Crippen molar-refractivity contribution in [1.29, 1.82) is 0 Å². The first kappa shape index (κ1) is 18.6. The van der Waals surface area contributed by atoms with Gasteiger partial charge in [-0.25, -0.2) is 5.43 Å². The molecule has 0 spiro atoms. The van der Waals surface area contributed by atoms with Gasteiger partial charge < -0.3 is 4.74 Å². The number of amides is 1. The number of ether oxygens (including phenoxy) is 1. The molecule has 128 valence electrons. The van der Waals surface area contributed by atoms with Gasteiger partial charge in [-0.15, -0.1) is 6.42 Å². The molecular weight excluding hydrogens is 336 g/mol. The van der Waals surface area contributed by atoms with Crippen LogP contribution in [-0.2, 0) is 11.2 Å². The zero-order valence-electron chi connectivity index (χ0n) is 14.2. The molecule has 0 bridgehead atoms. The highest BCUT2D eigenvalue weighted by Gasteiger charge is 2.06. The fraction of sp³-hybridized carbons (Fsp3) is 0.200. The number of terminal acetylenes is 1. The number of carbonyl (C=O) groups is 1. The summed E-state index contributed by atoms with van der Waals surface area (Å²) in [5.74, 6) is 2.75. The van der Waals surface area contributed by atoms with Crippen LogP contribution in [0.3, 0.4) is 0 Å². The van der Waals surface area contributed by atoms with E-state index in [1.54, 1.807) is 18.2 Å². The van der Waals surface area contributed by atoms with Crippen LogP contribution in [0.2, 0.25) is 5.02 Å². The lowest BCUT2D eigenvalue weighted by molar-refractivity contribution is -0.120. The van der Waals surface area contributed by atoms with Crippen LogP contribution in [0.5, 0.6) is 5.75 Å². The second-order valence-corrected chi connectivity index (χ2v) is 6.01. The van der Waals surface area contributed by atoms with Crippen LogP contribution >= 0.6 is 11.6 Å². The number of nitrogens with one attached hydrogen (secondary N) is 1. The van der Waals surface area contributed by atoms with Crippen molar-refractivity contribution >= 4 is 23.7 Å². The predicted octanol–water partition coefficient (Wildman–Crippen LogP) is 3.66. The van der Waals surface area contributed by atoms with Crippen molar-refractivity contribution in [3.63, 3.8) is 0 Å². The summed E-state index contributed by atoms with van der Waals surface area (Å²) in [6, 6.07) is 11.1. The lowest BCUT2D eigenvalue weighted by Crippen LogP contribution is -2.20. The Kier molecular flexibility index (Phi) is 6.62. The molecule has 1 amide bonds. The summed E-state index contributed by atoms with van der Waals surface area (Å²) in [4.78, 5) is 12.1. The maximum absolute atomic E-state index is 12.1. The topological polar surface area (TPSA) is 50.7 Å². The number of hydrogen-bond acceptors (Lipinski definition) is 3. The number of aryl methyl sites for hydroxylation is 2. The van der Waals surface area contributed by atoms with Crippen LogP contribution in [0.15, 0.2) is 41.5 Å². The largest absolute Gasteiger partial charge is 0.480 e. The number of nitrogens with zero attached hydrogens (tertiary/aromatic N) is 1. The van der Waals surface area contributed by atoms with E-state index in [-0.39, 0.29) is 18.9 Å². The molecule has 0 aliphatic heterocycles. The van der Waals surface area contributed by atoms with Gasteiger partial charge >= 0.3 is 0 Å². The standard InChI is InChI=1S/C20H19ClN2O2/c1-4-9-25-19-8-7-18(21)11-17(19)13-22-23-20(24)12-16-6-5-14(2)10-15(16)3/h1,5-8,10-11,13H,9,12H2,2-3H3,(H,23,24)/b22-13+. The molecule has 0 aromatic heterocycles. The molecule has 0 fully saturated rings. The molecule has 2 rings (SSSR count). The van der Waals surface area contributed by atoms with E-state index < -0.39 is 0 Å². The van der Waals surface area contributed by atoms with Gasteiger partial charge in [0.15, 0.2) is 0 Å². The Hall–Kier alpha value is -2.77. The highest BCUT2D eigenvalue weighted by Crippen LogP contribution is 2.21. The monoisotopic (exact) mass is 354 g/mol. The van der Waals surface area contributed by atoms with E-state index in [0.29, 0.717) is 16.3 Å². The van der Waals surface area contributed by atoms with Gasteiger partial charge in [-0.1, -0.05) is 41.3 Å². The van der Waals surface area contributed by atoms with Gasteiger partial charge in [-0.05, 0) is 43.2 Å². The molecule has 2 aromatic rings. The van der Waals surface area contributed by atoms with Crippen LogP contribution in [0.25, 0.3) is 0 Å². The maximum Gasteiger partial charge on any atom is 0.244 e. The van der Waals surface area contributed by atoms with Crippen molar-refractivity contribution < 1.29 is 9.53 Å². The summed E-state index contributed by atoms with van der Waals surface area (Å²) in [5, 5.41) is 4.52. The molecule has 1 N–H and O–H groups in total. The quantitative estimate of drug-likeness (QED) is 0.489. The summed E-state index contributed by atoms with van der Waals surface area (Å²) >= 11 is 5.98. The number of halogens is 1. The molecular formula is C20H19ClN2O2. The Bertz CT molecular complexity index is 838. The Morgan fingerprint density at radius 2 is 2.12 bits per heavy atom. The predicted molar refractivity (Wildman–Crippen MR) is 101 cm³/mol. The Morgan fingerprint density at radius 1 is 1.32 bits per heavy atom. The van der Waals surface area contributed by atoms with E-state index in [0.717, 1.165) is 11.1 Å². The summed E-state index contributed by atoms with van der Waals surface area (Å²) in [6.45, 7) is 4.15. The third-order valence-electron chi connectivity index (χ3n) is 3.52. The lowest BCUT2D eigenvalue weighted by atomic mass is 10.0. The normalized spacial score (nSPS) is 10.5. The number of rotatable bonds is 6. The van der Waals surface area contributed by atoms with E-state index in [9.17, 15) is 4.79 Å². The molecule has 0 unspecified atom stereocenters. The minimum Gasteiger partial charge on any atom is -0.480 e. The summed E-state index contributed by atoms with van der Waals surface area (Å²) in [5.41, 5.74) is 6.37. The Morgan fingerprint density at radius 3 is 2.84 bits per heavy atom. The third kappa shape index (κ3) is 5.66. The van der Waals surface area contributed by atoms with E-state index in [1.165, 1.54) is 11.8 Å². The van der Waals surface area contributed by atoms with Crippen LogP contribution in [-0.4, -0.2) is 18.7 Å². The summed E-state index contributed by atoms with van der Waals surface area (Å²) in [6.07, 6.45) is 6.95. The third-order valence-corrected chi connectivity index (χ3v) is 3.76. The van der Waals surface area contributed by atoms with E-state index >= 15 is 0 Å². The van der Waals surface area contributed by atoms with Crippen molar-refractivity contribution in [2.45, 2.75) is 20.3 Å². The Labute approximate surface area is 152 Å². The summed E-state index contributed by atoms with van der Waals surface area (Å²) in [7, 11) is 0. The fourth-order valence-corrected chi connectivity index (χ4v) is 2.48. The average molecular weight is 355 g/mol. The first-order chi connectivity index (χ1) is 12.0. The SMILES string of the molecule is C#CCOc1ccc(Cl)cc1/C=N/NC(=O)Cc1ccc(C)cc1C. The maximum atomic E-state index is 12.1. The van der Waals surface area contributed by atoms with Gasteiger partial charge in [0.2, 0.25) is 5.91 Å². The second kappa shape index (κ2) is 8.91. The molecule has 5 heteroatoms. The highest BCUT2D eigenvalue weighted by atomic mass is 35.5. The lowest BCUT2D eigenvalue weighted by Gasteiger charge is -2.07. The average Bonchev–Trinajstić information content (AvgIpc) is 2.57. The molecule has 0 radical (unpaired) electrons. The van der Waals surface area contributed by atoms with Crippen LogP contribution < -0.4 is 10.2 Å². The van der Waals surface area contributed by atoms with Crippen molar-refractivity contribution in [2.24, 2.45) is 5.10 Å². The smallest absolute Gasteiger partial charge is 0.244 e. The van der Waals surface area contributed by atoms with Crippen LogP contribution in [0.4, 0.5) is 0 Å². The van der Waals surface area contributed by atoms with Crippen molar-refractivity contribution in [3.05, 3.63) is 63.7 Å². The van der Waals surface area contributed by atoms with E-state index in [2.05, 4.69) is 16.4 Å². The van der Waals surface area contributed by atoms with Gasteiger partial charge in [-0.2, -0.15) is 5.10 Å². The zero-order valence-corrected chi connectivity index (χ0v) is 14.9. The second-order valence-electron chi connectivity index (χ2n) is 5.57. The van der Waals surface area contributed by atoms with Crippen LogP contribution in [0, 0.1) is 26.2 Å². The minimum atomic E-state index is -0.198. The van der Waals surface area contributed by atoms with Gasteiger partial charge in [0.25, 0.3) is 0 Å². The first-order valence-corrected chi connectivity index (χ1v) is 8.11. The molecule has 0 heterocycles. The molecule has 0 atom stereocenters. The van der Waals surface area contributed by atoms with Gasteiger partial charge in [0.1, 0.15) is 12.4 Å². The molecule has 0 saturated carbocycles. The van der Waals surface area contributed by atoms with Crippen molar-refractivity contribution in [2.75, 3.05) is 6.61 Å². The van der Waals surface area contributed by atoms with Gasteiger partial charge in [-0.3, -0.25) is 4.79 Å². The highest BCUT2D eigenvalue weighted by molar-refractivity contribution is 6.30. The minimum absolute atomic E-state index is 0.140. The van der Waals surface area contributed by atoms with Gasteiger partial charge in [0, 0.05) is 10.6 Å². The fourth-order valence-electron chi connectivity index (χ4n) is 2.30. The van der Waals surface area contributed by atoms with E-state index in [1.807, 2.05) is 32.0 Å².